The Morgan fingerprint density at radius 1 is 1.12 bits per heavy atom. The molecule has 0 amide bonds. The van der Waals surface area contributed by atoms with E-state index in [1.165, 1.54) is 0 Å². The third-order valence-corrected chi connectivity index (χ3v) is 6.23. The van der Waals surface area contributed by atoms with E-state index < -0.39 is 5.82 Å². The van der Waals surface area contributed by atoms with Gasteiger partial charge in [-0.25, -0.2) is 19.0 Å². The highest BCUT2D eigenvalue weighted by Crippen LogP contribution is 2.37. The van der Waals surface area contributed by atoms with E-state index in [2.05, 4.69) is 20.1 Å². The van der Waals surface area contributed by atoms with Crippen molar-refractivity contribution in [2.75, 3.05) is 6.61 Å². The number of benzene rings is 2. The van der Waals surface area contributed by atoms with Gasteiger partial charge in [-0.2, -0.15) is 5.10 Å². The molecule has 1 unspecified atom stereocenters. The predicted octanol–water partition coefficient (Wildman–Crippen LogP) is 5.96. The van der Waals surface area contributed by atoms with Crippen molar-refractivity contribution in [3.05, 3.63) is 59.5 Å². The Bertz CT molecular complexity index is 1530. The Labute approximate surface area is 198 Å². The van der Waals surface area contributed by atoms with Crippen LogP contribution in [-0.4, -0.2) is 36.3 Å². The largest absolute Gasteiger partial charge is 0.453 e. The van der Waals surface area contributed by atoms with Crippen molar-refractivity contribution in [2.24, 2.45) is 0 Å². The van der Waals surface area contributed by atoms with Crippen LogP contribution in [0.25, 0.3) is 33.3 Å². The third kappa shape index (κ3) is 3.66. The molecule has 172 valence electrons. The average Bonchev–Trinajstić information content (AvgIpc) is 3.50. The summed E-state index contributed by atoms with van der Waals surface area (Å²) in [5, 5.41) is 4.69. The van der Waals surface area contributed by atoms with E-state index in [0.29, 0.717) is 28.1 Å². The molecule has 0 bridgehead atoms. The molecular formula is C24H20ClFN6O2. The van der Waals surface area contributed by atoms with Crippen LogP contribution in [0.1, 0.15) is 31.3 Å². The van der Waals surface area contributed by atoms with Gasteiger partial charge in [-0.3, -0.25) is 4.98 Å². The van der Waals surface area contributed by atoms with Crippen LogP contribution in [0.3, 0.4) is 0 Å². The first kappa shape index (κ1) is 21.0. The van der Waals surface area contributed by atoms with E-state index in [1.54, 1.807) is 43.6 Å². The van der Waals surface area contributed by atoms with Gasteiger partial charge in [0.25, 0.3) is 0 Å². The van der Waals surface area contributed by atoms with Gasteiger partial charge in [0.05, 0.1) is 29.1 Å². The van der Waals surface area contributed by atoms with Gasteiger partial charge < -0.3 is 14.5 Å². The van der Waals surface area contributed by atoms with Gasteiger partial charge in [0, 0.05) is 18.4 Å². The van der Waals surface area contributed by atoms with Crippen molar-refractivity contribution >= 4 is 33.7 Å². The Kier molecular flexibility index (Phi) is 5.15. The summed E-state index contributed by atoms with van der Waals surface area (Å²) in [6, 6.07) is 6.65. The number of nitrogens with zero attached hydrogens (tertiary/aromatic N) is 5. The highest BCUT2D eigenvalue weighted by Gasteiger charge is 2.19. The highest BCUT2D eigenvalue weighted by atomic mass is 35.5. The molecule has 0 radical (unpaired) electrons. The zero-order valence-electron chi connectivity index (χ0n) is 18.3. The number of ether oxygens (including phenoxy) is 2. The first-order chi connectivity index (χ1) is 16.6. The van der Waals surface area contributed by atoms with Crippen molar-refractivity contribution in [1.82, 2.24) is 29.7 Å². The minimum atomic E-state index is -0.560. The maximum Gasteiger partial charge on any atom is 0.193 e. The van der Waals surface area contributed by atoms with Crippen LogP contribution in [-0.2, 0) is 4.74 Å². The molecule has 34 heavy (non-hydrogen) atoms. The SMILES string of the molecule is Cc1nc2c(F)c(Oc3ccc4ncc(-c5cnn(C6CCCCO6)c5)nc4c3Cl)ccc2[nH]1. The number of aromatic nitrogens is 6. The fraction of sp³-hybridized carbons (Fsp3) is 0.250. The number of hydrogen-bond donors (Lipinski definition) is 1. The van der Waals surface area contributed by atoms with Crippen molar-refractivity contribution in [2.45, 2.75) is 32.4 Å². The molecule has 1 N–H and O–H groups in total. The average molecular weight is 479 g/mol. The van der Waals surface area contributed by atoms with E-state index >= 15 is 0 Å². The fourth-order valence-electron chi connectivity index (χ4n) is 4.15. The van der Waals surface area contributed by atoms with Crippen LogP contribution in [0.5, 0.6) is 11.5 Å². The molecule has 3 aromatic heterocycles. The number of aryl methyl sites for hydroxylation is 1. The molecule has 10 heteroatoms. The lowest BCUT2D eigenvalue weighted by Crippen LogP contribution is -2.18. The van der Waals surface area contributed by atoms with E-state index in [-0.39, 0.29) is 28.3 Å². The van der Waals surface area contributed by atoms with Gasteiger partial charge in [0.1, 0.15) is 33.9 Å². The quantitative estimate of drug-likeness (QED) is 0.342. The zero-order chi connectivity index (χ0) is 23.2. The standard InChI is InChI=1S/C24H20ClFN6O2/c1-13-29-16-6-8-19(22(26)24(16)30-13)34-18-7-5-15-23(21(18)25)31-17(11-27-15)14-10-28-32(12-14)20-4-2-3-9-33-20/h5-8,10-12,20H,2-4,9H2,1H3,(H,29,30). The Morgan fingerprint density at radius 2 is 2.00 bits per heavy atom. The predicted molar refractivity (Wildman–Crippen MR) is 125 cm³/mol. The number of hydrogen-bond acceptors (Lipinski definition) is 6. The van der Waals surface area contributed by atoms with Crippen LogP contribution in [0.15, 0.2) is 42.9 Å². The molecule has 0 aliphatic carbocycles. The summed E-state index contributed by atoms with van der Waals surface area (Å²) in [7, 11) is 0. The molecule has 6 rings (SSSR count). The second kappa shape index (κ2) is 8.34. The van der Waals surface area contributed by atoms with Gasteiger partial charge in [0.15, 0.2) is 11.6 Å². The summed E-state index contributed by atoms with van der Waals surface area (Å²) in [5.41, 5.74) is 3.29. The highest BCUT2D eigenvalue weighted by molar-refractivity contribution is 6.36. The van der Waals surface area contributed by atoms with Crippen molar-refractivity contribution in [3.8, 4) is 22.8 Å². The maximum atomic E-state index is 15.0. The fourth-order valence-corrected chi connectivity index (χ4v) is 4.39. The molecular weight excluding hydrogens is 459 g/mol. The summed E-state index contributed by atoms with van der Waals surface area (Å²) >= 11 is 6.64. The van der Waals surface area contributed by atoms with Gasteiger partial charge in [-0.05, 0) is 50.5 Å². The monoisotopic (exact) mass is 478 g/mol. The maximum absolute atomic E-state index is 15.0. The summed E-state index contributed by atoms with van der Waals surface area (Å²) in [4.78, 5) is 16.4. The number of nitrogens with one attached hydrogen (secondary N) is 1. The molecule has 0 saturated carbocycles. The van der Waals surface area contributed by atoms with Gasteiger partial charge in [0.2, 0.25) is 0 Å². The molecule has 8 nitrogen and oxygen atoms in total. The first-order valence-corrected chi connectivity index (χ1v) is 11.4. The van der Waals surface area contributed by atoms with Crippen molar-refractivity contribution in [3.63, 3.8) is 0 Å². The summed E-state index contributed by atoms with van der Waals surface area (Å²) in [6.45, 7) is 2.50. The van der Waals surface area contributed by atoms with E-state index in [9.17, 15) is 4.39 Å². The second-order valence-electron chi connectivity index (χ2n) is 8.23. The Balaban J connectivity index is 1.34. The number of halogens is 2. The number of aromatic amines is 1. The van der Waals surface area contributed by atoms with Crippen LogP contribution >= 0.6 is 11.6 Å². The van der Waals surface area contributed by atoms with Crippen LogP contribution in [0.2, 0.25) is 5.02 Å². The minimum absolute atomic E-state index is 0.0260. The van der Waals surface area contributed by atoms with Gasteiger partial charge in [-0.15, -0.1) is 0 Å². The van der Waals surface area contributed by atoms with Crippen LogP contribution in [0, 0.1) is 12.7 Å². The lowest BCUT2D eigenvalue weighted by molar-refractivity contribution is -0.0394. The molecule has 1 aliphatic rings. The normalized spacial score (nSPS) is 16.4. The van der Waals surface area contributed by atoms with E-state index in [4.69, 9.17) is 26.1 Å². The molecule has 1 saturated heterocycles. The summed E-state index contributed by atoms with van der Waals surface area (Å²) in [6.07, 6.45) is 8.36. The van der Waals surface area contributed by atoms with E-state index in [1.807, 2.05) is 10.9 Å². The summed E-state index contributed by atoms with van der Waals surface area (Å²) < 4.78 is 28.4. The summed E-state index contributed by atoms with van der Waals surface area (Å²) in [5.74, 6) is 0.363. The molecule has 0 spiro atoms. The van der Waals surface area contributed by atoms with Crippen LogP contribution in [0.4, 0.5) is 4.39 Å². The third-order valence-electron chi connectivity index (χ3n) is 5.86. The van der Waals surface area contributed by atoms with E-state index in [0.717, 1.165) is 31.4 Å². The molecule has 1 atom stereocenters. The van der Waals surface area contributed by atoms with Gasteiger partial charge in [-0.1, -0.05) is 11.6 Å². The molecule has 2 aromatic carbocycles. The molecule has 5 aromatic rings. The van der Waals surface area contributed by atoms with Gasteiger partial charge >= 0.3 is 0 Å². The first-order valence-electron chi connectivity index (χ1n) is 11.0. The smallest absolute Gasteiger partial charge is 0.193 e. The Hall–Kier alpha value is -3.56. The Morgan fingerprint density at radius 3 is 2.85 bits per heavy atom. The lowest BCUT2D eigenvalue weighted by atomic mass is 10.2. The minimum Gasteiger partial charge on any atom is -0.453 e. The molecule has 1 fully saturated rings. The van der Waals surface area contributed by atoms with Crippen molar-refractivity contribution in [1.29, 1.82) is 0 Å². The number of imidazole rings is 1. The second-order valence-corrected chi connectivity index (χ2v) is 8.61. The number of fused-ring (bicyclic) bond motifs is 2. The lowest BCUT2D eigenvalue weighted by Gasteiger charge is -2.22. The molecule has 1 aliphatic heterocycles. The number of H-pyrrole nitrogens is 1. The number of rotatable bonds is 4. The zero-order valence-corrected chi connectivity index (χ0v) is 19.0. The molecule has 4 heterocycles. The topological polar surface area (TPSA) is 90.7 Å². The van der Waals surface area contributed by atoms with Crippen molar-refractivity contribution < 1.29 is 13.9 Å². The van der Waals surface area contributed by atoms with Crippen LogP contribution < -0.4 is 4.74 Å².